The van der Waals surface area contributed by atoms with Crippen LogP contribution in [0.5, 0.6) is 0 Å². The predicted octanol–water partition coefficient (Wildman–Crippen LogP) is 0.192. The van der Waals surface area contributed by atoms with Crippen molar-refractivity contribution in [3.8, 4) is 0 Å². The van der Waals surface area contributed by atoms with Crippen LogP contribution in [0, 0.1) is 3.57 Å². The van der Waals surface area contributed by atoms with Gasteiger partial charge in [-0.15, -0.1) is 64.0 Å². The monoisotopic (exact) mass is 546 g/mol. The molecule has 0 radical (unpaired) electrons. The molecule has 114 valence electrons. The summed E-state index contributed by atoms with van der Waals surface area (Å²) in [5, 5.41) is 5.34. The van der Waals surface area contributed by atoms with E-state index in [0.29, 0.717) is 0 Å². The van der Waals surface area contributed by atoms with Crippen LogP contribution in [-0.4, -0.2) is 0 Å². The Morgan fingerprint density at radius 2 is 1.74 bits per heavy atom. The van der Waals surface area contributed by atoms with Gasteiger partial charge in [0.05, 0.1) is 0 Å². The summed E-state index contributed by atoms with van der Waals surface area (Å²) in [4.78, 5) is 2.67. The van der Waals surface area contributed by atoms with Crippen molar-refractivity contribution >= 4 is 55.9 Å². The average Bonchev–Trinajstić information content (AvgIpc) is 3.03. The fourth-order valence-corrected chi connectivity index (χ4v) is 4.34. The van der Waals surface area contributed by atoms with Gasteiger partial charge in [-0.3, -0.25) is 0 Å². The van der Waals surface area contributed by atoms with Crippen LogP contribution in [-0.2, 0) is 26.2 Å². The minimum absolute atomic E-state index is 0. The first kappa shape index (κ1) is 21.2. The molecule has 0 spiro atoms. The van der Waals surface area contributed by atoms with Gasteiger partial charge in [0, 0.05) is 0 Å². The summed E-state index contributed by atoms with van der Waals surface area (Å²) in [5.74, 6) is 0. The number of fused-ring (bicyclic) bond motifs is 2. The van der Waals surface area contributed by atoms with Crippen LogP contribution in [0.1, 0.15) is 0 Å². The number of benzene rings is 2. The van der Waals surface area contributed by atoms with Crippen LogP contribution in [0.2, 0.25) is 0 Å². The maximum Gasteiger partial charge on any atom is 4.00 e. The van der Waals surface area contributed by atoms with E-state index < -0.39 is 0 Å². The quantitative estimate of drug-likeness (QED) is 0.255. The minimum Gasteiger partial charge on any atom is -1.00 e. The van der Waals surface area contributed by atoms with Crippen molar-refractivity contribution in [1.29, 1.82) is 0 Å². The van der Waals surface area contributed by atoms with E-state index in [-0.39, 0.29) is 51.0 Å². The molecule has 0 unspecified atom stereocenters. The summed E-state index contributed by atoms with van der Waals surface area (Å²) < 4.78 is 1.30. The third-order valence-electron chi connectivity index (χ3n) is 3.54. The molecular weight excluding hydrogens is 537 g/mol. The fraction of sp³-hybridized carbons (Fsp3) is 0. The molecule has 5 heteroatoms. The normalized spacial score (nSPS) is 9.96. The van der Waals surface area contributed by atoms with Crippen LogP contribution in [0.4, 0.5) is 0 Å². The molecule has 0 saturated heterocycles. The zero-order valence-electron chi connectivity index (χ0n) is 11.9. The Bertz CT molecular complexity index is 914. The Balaban J connectivity index is 0.000000882. The van der Waals surface area contributed by atoms with Crippen LogP contribution < -0.4 is 24.8 Å². The molecule has 4 rings (SSSR count). The van der Waals surface area contributed by atoms with Gasteiger partial charge in [-0.25, -0.2) is 0 Å². The molecule has 0 N–H and O–H groups in total. The first-order chi connectivity index (χ1) is 9.81. The van der Waals surface area contributed by atoms with E-state index in [1.165, 1.54) is 34.9 Å². The van der Waals surface area contributed by atoms with Gasteiger partial charge in [0.2, 0.25) is 0 Å². The summed E-state index contributed by atoms with van der Waals surface area (Å²) >= 11 is 4.25. The fourth-order valence-electron chi connectivity index (χ4n) is 2.59. The molecule has 0 atom stereocenters. The van der Waals surface area contributed by atoms with Gasteiger partial charge in [-0.05, 0) is 4.90 Å². The number of hydrogen-bond acceptors (Lipinski definition) is 1. The van der Waals surface area contributed by atoms with Crippen molar-refractivity contribution in [2.75, 3.05) is 0 Å². The van der Waals surface area contributed by atoms with E-state index in [1.54, 1.807) is 0 Å². The van der Waals surface area contributed by atoms with Gasteiger partial charge in [0.25, 0.3) is 0 Å². The number of hydrogen-bond donors (Lipinski definition) is 0. The summed E-state index contributed by atoms with van der Waals surface area (Å²) in [5.41, 5.74) is 0. The van der Waals surface area contributed by atoms with E-state index in [4.69, 9.17) is 0 Å². The van der Waals surface area contributed by atoms with E-state index in [9.17, 15) is 0 Å². The Hall–Kier alpha value is 0.203. The van der Waals surface area contributed by atoms with Crippen molar-refractivity contribution in [1.82, 2.24) is 0 Å². The topological polar surface area (TPSA) is 0 Å². The zero-order chi connectivity index (χ0) is 13.5. The summed E-state index contributed by atoms with van der Waals surface area (Å²) in [6, 6.07) is 24.1. The molecule has 4 aromatic rings. The molecule has 0 aliphatic heterocycles. The summed E-state index contributed by atoms with van der Waals surface area (Å²) in [7, 11) is 0. The summed E-state index contributed by atoms with van der Waals surface area (Å²) in [6.45, 7) is 0. The molecule has 0 heterocycles. The molecule has 0 amide bonds. The Kier molecular flexibility index (Phi) is 8.36. The van der Waals surface area contributed by atoms with Gasteiger partial charge in [0.1, 0.15) is 0 Å². The molecule has 0 aliphatic carbocycles. The van der Waals surface area contributed by atoms with E-state index >= 15 is 0 Å². The van der Waals surface area contributed by atoms with Crippen molar-refractivity contribution in [3.63, 3.8) is 0 Å². The molecule has 0 aromatic heterocycles. The van der Waals surface area contributed by atoms with Crippen LogP contribution in [0.15, 0.2) is 76.5 Å². The maximum atomic E-state index is 2.38. The van der Waals surface area contributed by atoms with Crippen LogP contribution in [0.25, 0.3) is 21.5 Å². The van der Waals surface area contributed by atoms with Gasteiger partial charge in [0.15, 0.2) is 0 Å². The van der Waals surface area contributed by atoms with Gasteiger partial charge in [-0.1, -0.05) is 43.2 Å². The van der Waals surface area contributed by atoms with Gasteiger partial charge >= 0.3 is 26.2 Å². The van der Waals surface area contributed by atoms with Gasteiger partial charge in [-0.2, -0.15) is 23.9 Å². The second-order valence-corrected chi connectivity index (χ2v) is 7.15. The Morgan fingerprint density at radius 3 is 2.57 bits per heavy atom. The number of rotatable bonds is 2. The van der Waals surface area contributed by atoms with Crippen molar-refractivity contribution < 1.29 is 51.0 Å². The molecular formula is C18H11Cl2ISZr. The van der Waals surface area contributed by atoms with E-state index in [0.717, 1.165) is 0 Å². The van der Waals surface area contributed by atoms with E-state index in [1.807, 2.05) is 11.8 Å². The second kappa shape index (κ2) is 9.05. The Morgan fingerprint density at radius 1 is 0.957 bits per heavy atom. The maximum absolute atomic E-state index is 2.38. The number of halogens is 3. The van der Waals surface area contributed by atoms with E-state index in [2.05, 4.69) is 89.3 Å². The van der Waals surface area contributed by atoms with Crippen LogP contribution in [0.3, 0.4) is 0 Å². The molecule has 4 aromatic carbocycles. The first-order valence-corrected chi connectivity index (χ1v) is 8.38. The molecule has 0 aliphatic rings. The van der Waals surface area contributed by atoms with Crippen LogP contribution >= 0.6 is 34.4 Å². The average molecular weight is 548 g/mol. The minimum atomic E-state index is 0. The van der Waals surface area contributed by atoms with Crippen molar-refractivity contribution in [2.24, 2.45) is 0 Å². The first-order valence-electron chi connectivity index (χ1n) is 6.48. The largest absolute Gasteiger partial charge is 4.00 e. The third-order valence-corrected chi connectivity index (χ3v) is 5.31. The smallest absolute Gasteiger partial charge is 1.00 e. The SMILES string of the molecule is Ic1cc2c(S[c-]3ccc4ccccc43)cccc2[cH-]1.[Cl-].[Cl-].[Zr+4]. The molecule has 0 fully saturated rings. The zero-order valence-corrected chi connectivity index (χ0v) is 18.8. The van der Waals surface area contributed by atoms with Gasteiger partial charge < -0.3 is 24.8 Å². The van der Waals surface area contributed by atoms with Crippen molar-refractivity contribution in [3.05, 3.63) is 70.3 Å². The predicted molar refractivity (Wildman–Crippen MR) is 95.9 cm³/mol. The Labute approximate surface area is 185 Å². The molecule has 0 bridgehead atoms. The standard InChI is InChI=1S/C18H11IS.2ClH.Zr/c19-14-10-13-5-3-7-17(16(13)11-14)20-18-9-8-12-4-1-2-6-15(12)18;;;/h1-11H;2*1H;/q-2;;;+4/p-2. The second-order valence-electron chi connectivity index (χ2n) is 4.82. The van der Waals surface area contributed by atoms with Crippen molar-refractivity contribution in [2.45, 2.75) is 9.79 Å². The molecule has 0 saturated carbocycles. The molecule has 23 heavy (non-hydrogen) atoms. The molecule has 0 nitrogen and oxygen atoms in total. The third kappa shape index (κ3) is 4.25. The summed E-state index contributed by atoms with van der Waals surface area (Å²) in [6.07, 6.45) is 0.